The van der Waals surface area contributed by atoms with Crippen LogP contribution in [0.25, 0.3) is 0 Å². The highest BCUT2D eigenvalue weighted by atomic mass is 16.3. The Bertz CT molecular complexity index is 872. The molecule has 0 aliphatic rings. The molecule has 2 aromatic carbocycles. The Balaban J connectivity index is 1.49. The van der Waals surface area contributed by atoms with Gasteiger partial charge in [-0.3, -0.25) is 0 Å². The summed E-state index contributed by atoms with van der Waals surface area (Å²) in [7, 11) is 0. The minimum Gasteiger partial charge on any atom is -0.399 e. The molecule has 0 aliphatic carbocycles. The number of hydrogen-bond acceptors (Lipinski definition) is 7. The Morgan fingerprint density at radius 2 is 1.86 bits per heavy atom. The fraction of sp³-hybridized carbons (Fsp3) is 0.238. The molecule has 1 aromatic heterocycles. The van der Waals surface area contributed by atoms with E-state index >= 15 is 0 Å². The molecule has 0 spiro atoms. The summed E-state index contributed by atoms with van der Waals surface area (Å²) in [6.07, 6.45) is 2.55. The topological polar surface area (TPSA) is 108 Å². The van der Waals surface area contributed by atoms with E-state index in [-0.39, 0.29) is 6.61 Å². The molecule has 0 fully saturated rings. The van der Waals surface area contributed by atoms with Gasteiger partial charge >= 0.3 is 0 Å². The first-order valence-corrected chi connectivity index (χ1v) is 9.32. The van der Waals surface area contributed by atoms with Crippen LogP contribution in [0.3, 0.4) is 0 Å². The molecule has 0 atom stereocenters. The van der Waals surface area contributed by atoms with Gasteiger partial charge in [0, 0.05) is 36.2 Å². The lowest BCUT2D eigenvalue weighted by Gasteiger charge is -2.12. The van der Waals surface area contributed by atoms with Crippen molar-refractivity contribution >= 4 is 23.1 Å². The Morgan fingerprint density at radius 1 is 1.00 bits per heavy atom. The summed E-state index contributed by atoms with van der Waals surface area (Å²) in [5.41, 5.74) is 9.21. The highest BCUT2D eigenvalue weighted by molar-refractivity contribution is 5.60. The number of anilines is 4. The molecule has 0 amide bonds. The average molecular weight is 378 g/mol. The molecule has 0 unspecified atom stereocenters. The van der Waals surface area contributed by atoms with Crippen LogP contribution in [0, 0.1) is 0 Å². The number of rotatable bonds is 10. The van der Waals surface area contributed by atoms with Gasteiger partial charge in [-0.25, -0.2) is 4.98 Å². The molecule has 0 radical (unpaired) electrons. The Morgan fingerprint density at radius 3 is 2.64 bits per heavy atom. The number of nitrogen functional groups attached to an aromatic ring is 1. The minimum absolute atomic E-state index is 0.118. The maximum Gasteiger partial charge on any atom is 0.229 e. The highest BCUT2D eigenvalue weighted by Crippen LogP contribution is 2.19. The summed E-state index contributed by atoms with van der Waals surface area (Å²) in [6.45, 7) is 2.36. The average Bonchev–Trinajstić information content (AvgIpc) is 2.71. The van der Waals surface area contributed by atoms with Crippen LogP contribution in [0.15, 0.2) is 60.8 Å². The largest absolute Gasteiger partial charge is 0.399 e. The number of aliphatic hydroxyl groups is 1. The lowest BCUT2D eigenvalue weighted by molar-refractivity contribution is 0.281. The minimum atomic E-state index is -0.118. The van der Waals surface area contributed by atoms with E-state index in [1.165, 1.54) is 5.56 Å². The molecule has 0 aliphatic heterocycles. The van der Waals surface area contributed by atoms with Crippen LogP contribution >= 0.6 is 0 Å². The molecule has 0 bridgehead atoms. The number of aliphatic hydroxyl groups excluding tert-OH is 1. The second-order valence-electron chi connectivity index (χ2n) is 6.42. The zero-order valence-electron chi connectivity index (χ0n) is 15.7. The van der Waals surface area contributed by atoms with Crippen molar-refractivity contribution in [3.63, 3.8) is 0 Å². The summed E-state index contributed by atoms with van der Waals surface area (Å²) in [5.74, 6) is 1.08. The van der Waals surface area contributed by atoms with E-state index in [2.05, 4.69) is 38.1 Å². The van der Waals surface area contributed by atoms with Crippen molar-refractivity contribution in [1.29, 1.82) is 0 Å². The van der Waals surface area contributed by atoms with Gasteiger partial charge in [0.25, 0.3) is 0 Å². The summed E-state index contributed by atoms with van der Waals surface area (Å²) in [6, 6.07) is 17.7. The fourth-order valence-corrected chi connectivity index (χ4v) is 2.73. The zero-order chi connectivity index (χ0) is 19.6. The Labute approximate surface area is 165 Å². The Kier molecular flexibility index (Phi) is 7.17. The van der Waals surface area contributed by atoms with E-state index in [0.717, 1.165) is 31.7 Å². The van der Waals surface area contributed by atoms with E-state index in [9.17, 15) is 5.11 Å². The normalized spacial score (nSPS) is 10.6. The van der Waals surface area contributed by atoms with E-state index in [0.29, 0.717) is 23.0 Å². The Hall–Kier alpha value is -3.16. The number of hydrogen-bond donors (Lipinski definition) is 5. The molecule has 0 saturated heterocycles. The molecule has 28 heavy (non-hydrogen) atoms. The van der Waals surface area contributed by atoms with Crippen molar-refractivity contribution in [2.75, 3.05) is 29.5 Å². The number of nitrogens with one attached hydrogen (secondary N) is 3. The van der Waals surface area contributed by atoms with E-state index in [1.807, 2.05) is 42.5 Å². The quantitative estimate of drug-likeness (QED) is 0.273. The molecule has 6 N–H and O–H groups in total. The second-order valence-corrected chi connectivity index (χ2v) is 6.42. The van der Waals surface area contributed by atoms with Crippen molar-refractivity contribution in [3.05, 3.63) is 71.9 Å². The lowest BCUT2D eigenvalue weighted by Crippen LogP contribution is -2.18. The van der Waals surface area contributed by atoms with Gasteiger partial charge in [0.2, 0.25) is 5.95 Å². The molecule has 146 valence electrons. The van der Waals surface area contributed by atoms with Crippen molar-refractivity contribution in [1.82, 2.24) is 15.3 Å². The number of benzene rings is 2. The fourth-order valence-electron chi connectivity index (χ4n) is 2.73. The molecule has 1 heterocycles. The van der Waals surface area contributed by atoms with Crippen LogP contribution in [0.5, 0.6) is 0 Å². The lowest BCUT2D eigenvalue weighted by atomic mass is 10.2. The first-order chi connectivity index (χ1) is 13.7. The smallest absolute Gasteiger partial charge is 0.229 e. The molecule has 0 saturated carbocycles. The maximum absolute atomic E-state index is 9.53. The maximum atomic E-state index is 9.53. The third kappa shape index (κ3) is 5.94. The van der Waals surface area contributed by atoms with Gasteiger partial charge < -0.3 is 26.8 Å². The number of aromatic nitrogens is 2. The molecular weight excluding hydrogens is 352 g/mol. The first kappa shape index (κ1) is 19.6. The van der Waals surface area contributed by atoms with Crippen LogP contribution in [0.1, 0.15) is 17.5 Å². The van der Waals surface area contributed by atoms with Crippen molar-refractivity contribution < 1.29 is 5.11 Å². The van der Waals surface area contributed by atoms with Crippen LogP contribution in [0.2, 0.25) is 0 Å². The summed E-state index contributed by atoms with van der Waals surface area (Å²) >= 11 is 0. The third-order valence-corrected chi connectivity index (χ3v) is 4.17. The first-order valence-electron chi connectivity index (χ1n) is 9.32. The molecule has 3 aromatic rings. The molecule has 7 heteroatoms. The molecule has 3 rings (SSSR count). The zero-order valence-corrected chi connectivity index (χ0v) is 15.7. The van der Waals surface area contributed by atoms with Gasteiger partial charge in [-0.15, -0.1) is 0 Å². The summed E-state index contributed by atoms with van der Waals surface area (Å²) in [5, 5.41) is 19.4. The summed E-state index contributed by atoms with van der Waals surface area (Å²) < 4.78 is 0. The highest BCUT2D eigenvalue weighted by Gasteiger charge is 2.07. The monoisotopic (exact) mass is 378 g/mol. The van der Waals surface area contributed by atoms with Crippen molar-refractivity contribution in [3.8, 4) is 0 Å². The van der Waals surface area contributed by atoms with Gasteiger partial charge in [0.15, 0.2) is 0 Å². The predicted molar refractivity (Wildman–Crippen MR) is 113 cm³/mol. The molecular formula is C21H26N6O. The van der Waals surface area contributed by atoms with E-state index in [1.54, 1.807) is 6.20 Å². The van der Waals surface area contributed by atoms with Crippen LogP contribution in [-0.4, -0.2) is 28.2 Å². The third-order valence-electron chi connectivity index (χ3n) is 4.17. The van der Waals surface area contributed by atoms with Gasteiger partial charge in [-0.2, -0.15) is 4.98 Å². The van der Waals surface area contributed by atoms with Crippen LogP contribution in [-0.2, 0) is 13.2 Å². The predicted octanol–water partition coefficient (Wildman–Crippen LogP) is 2.89. The van der Waals surface area contributed by atoms with E-state index < -0.39 is 0 Å². The molecule has 7 nitrogen and oxygen atoms in total. The standard InChI is InChI=1S/C21H26N6O/c22-18-8-4-9-19(12-18)26-21-25-14-17(15-28)20(27-21)24-11-5-10-23-13-16-6-2-1-3-7-16/h1-4,6-9,12,14,23,28H,5,10-11,13,15,22H2,(H2,24,25,26,27). The van der Waals surface area contributed by atoms with Gasteiger partial charge in [0.1, 0.15) is 5.82 Å². The van der Waals surface area contributed by atoms with Crippen molar-refractivity contribution in [2.45, 2.75) is 19.6 Å². The van der Waals surface area contributed by atoms with Gasteiger partial charge in [-0.1, -0.05) is 36.4 Å². The summed E-state index contributed by atoms with van der Waals surface area (Å²) in [4.78, 5) is 8.73. The number of nitrogens with two attached hydrogens (primary N) is 1. The SMILES string of the molecule is Nc1cccc(Nc2ncc(CO)c(NCCCNCc3ccccc3)n2)c1. The van der Waals surface area contributed by atoms with Gasteiger partial charge in [-0.05, 0) is 36.7 Å². The van der Waals surface area contributed by atoms with Crippen LogP contribution < -0.4 is 21.7 Å². The number of nitrogens with zero attached hydrogens (tertiary/aromatic N) is 2. The van der Waals surface area contributed by atoms with Crippen LogP contribution in [0.4, 0.5) is 23.1 Å². The van der Waals surface area contributed by atoms with E-state index in [4.69, 9.17) is 5.73 Å². The second kappa shape index (κ2) is 10.2. The van der Waals surface area contributed by atoms with Gasteiger partial charge in [0.05, 0.1) is 6.61 Å². The van der Waals surface area contributed by atoms with Crippen molar-refractivity contribution in [2.24, 2.45) is 0 Å².